The van der Waals surface area contributed by atoms with Crippen LogP contribution < -0.4 is 10.2 Å². The average Bonchev–Trinajstić information content (AvgIpc) is 2.68. The van der Waals surface area contributed by atoms with Crippen molar-refractivity contribution < 1.29 is 4.79 Å². The van der Waals surface area contributed by atoms with E-state index in [1.165, 1.54) is 5.56 Å². The molecule has 144 valence electrons. The highest BCUT2D eigenvalue weighted by Crippen LogP contribution is 2.23. The molecule has 1 fully saturated rings. The molecule has 5 nitrogen and oxygen atoms in total. The lowest BCUT2D eigenvalue weighted by molar-refractivity contribution is 0.102. The summed E-state index contributed by atoms with van der Waals surface area (Å²) >= 11 is 0. The van der Waals surface area contributed by atoms with Gasteiger partial charge in [0, 0.05) is 38.1 Å². The second-order valence-corrected chi connectivity index (χ2v) is 8.11. The number of amides is 1. The summed E-state index contributed by atoms with van der Waals surface area (Å²) in [5, 5.41) is 2.95. The summed E-state index contributed by atoms with van der Waals surface area (Å²) < 4.78 is 0. The minimum Gasteiger partial charge on any atom is -0.354 e. The zero-order chi connectivity index (χ0) is 19.4. The van der Waals surface area contributed by atoms with Gasteiger partial charge in [0.2, 0.25) is 0 Å². The molecule has 2 aromatic rings. The molecule has 5 heteroatoms. The predicted octanol–water partition coefficient (Wildman–Crippen LogP) is 3.77. The zero-order valence-corrected chi connectivity index (χ0v) is 16.8. The normalized spacial score (nSPS) is 15.6. The van der Waals surface area contributed by atoms with E-state index >= 15 is 0 Å². The molecule has 0 bridgehead atoms. The van der Waals surface area contributed by atoms with Crippen molar-refractivity contribution in [1.82, 2.24) is 9.88 Å². The number of likely N-dealkylation sites (N-methyl/N-ethyl adjacent to an activating group) is 1. The lowest BCUT2D eigenvalue weighted by Gasteiger charge is -2.34. The van der Waals surface area contributed by atoms with Crippen LogP contribution in [0.1, 0.15) is 43.6 Å². The molecule has 0 radical (unpaired) electrons. The molecule has 0 spiro atoms. The fourth-order valence-electron chi connectivity index (χ4n) is 3.26. The van der Waals surface area contributed by atoms with Crippen LogP contribution >= 0.6 is 0 Å². The van der Waals surface area contributed by atoms with Crippen LogP contribution in [0.3, 0.4) is 0 Å². The molecule has 1 aliphatic rings. The van der Waals surface area contributed by atoms with Gasteiger partial charge in [-0.2, -0.15) is 0 Å². The summed E-state index contributed by atoms with van der Waals surface area (Å²) in [7, 11) is 0. The SMILES string of the molecule is CCN1CCN(c2ccc(C(=O)Nc3ccc(C(C)(C)C)cc3)cn2)CC1. The number of hydrogen-bond acceptors (Lipinski definition) is 4. The summed E-state index contributed by atoms with van der Waals surface area (Å²) in [5.74, 6) is 0.810. The fraction of sp³-hybridized carbons (Fsp3) is 0.455. The maximum absolute atomic E-state index is 12.5. The van der Waals surface area contributed by atoms with Crippen molar-refractivity contribution in [2.45, 2.75) is 33.1 Å². The van der Waals surface area contributed by atoms with Crippen molar-refractivity contribution in [2.24, 2.45) is 0 Å². The van der Waals surface area contributed by atoms with E-state index < -0.39 is 0 Å². The van der Waals surface area contributed by atoms with Crippen molar-refractivity contribution in [3.8, 4) is 0 Å². The van der Waals surface area contributed by atoms with E-state index in [9.17, 15) is 4.79 Å². The van der Waals surface area contributed by atoms with Crippen molar-refractivity contribution in [3.05, 3.63) is 53.7 Å². The third-order valence-electron chi connectivity index (χ3n) is 5.16. The Labute approximate surface area is 162 Å². The van der Waals surface area contributed by atoms with Gasteiger partial charge in [0.15, 0.2) is 0 Å². The van der Waals surface area contributed by atoms with Gasteiger partial charge < -0.3 is 15.1 Å². The van der Waals surface area contributed by atoms with Gasteiger partial charge >= 0.3 is 0 Å². The number of carbonyl (C=O) groups excluding carboxylic acids is 1. The molecule has 0 saturated carbocycles. The van der Waals surface area contributed by atoms with Crippen molar-refractivity contribution in [3.63, 3.8) is 0 Å². The number of nitrogens with zero attached hydrogens (tertiary/aromatic N) is 3. The molecular formula is C22H30N4O. The number of hydrogen-bond donors (Lipinski definition) is 1. The van der Waals surface area contributed by atoms with Gasteiger partial charge in [0.1, 0.15) is 5.82 Å². The molecule has 1 N–H and O–H groups in total. The Bertz CT molecular complexity index is 754. The molecule has 1 saturated heterocycles. The number of anilines is 2. The molecule has 1 aromatic carbocycles. The Morgan fingerprint density at radius 3 is 2.22 bits per heavy atom. The summed E-state index contributed by atoms with van der Waals surface area (Å²) in [5.41, 5.74) is 2.72. The van der Waals surface area contributed by atoms with Gasteiger partial charge in [-0.3, -0.25) is 4.79 Å². The molecule has 1 aromatic heterocycles. The number of aromatic nitrogens is 1. The van der Waals surface area contributed by atoms with Crippen molar-refractivity contribution in [1.29, 1.82) is 0 Å². The Morgan fingerprint density at radius 1 is 1.04 bits per heavy atom. The highest BCUT2D eigenvalue weighted by atomic mass is 16.1. The first-order chi connectivity index (χ1) is 12.9. The maximum atomic E-state index is 12.5. The van der Waals surface area contributed by atoms with Crippen LogP contribution in [-0.2, 0) is 5.41 Å². The van der Waals surface area contributed by atoms with Crippen LogP contribution in [0.5, 0.6) is 0 Å². The minimum absolute atomic E-state index is 0.102. The summed E-state index contributed by atoms with van der Waals surface area (Å²) in [6.45, 7) is 13.9. The molecular weight excluding hydrogens is 336 g/mol. The minimum atomic E-state index is -0.131. The summed E-state index contributed by atoms with van der Waals surface area (Å²) in [6, 6.07) is 11.8. The molecule has 3 rings (SSSR count). The second-order valence-electron chi connectivity index (χ2n) is 8.11. The van der Waals surface area contributed by atoms with Gasteiger partial charge in [0.25, 0.3) is 5.91 Å². The average molecular weight is 367 g/mol. The van der Waals surface area contributed by atoms with Gasteiger partial charge in [-0.05, 0) is 41.8 Å². The lowest BCUT2D eigenvalue weighted by Crippen LogP contribution is -2.46. The van der Waals surface area contributed by atoms with Crippen molar-refractivity contribution >= 4 is 17.4 Å². The van der Waals surface area contributed by atoms with E-state index in [0.29, 0.717) is 5.56 Å². The first kappa shape index (κ1) is 19.4. The topological polar surface area (TPSA) is 48.5 Å². The first-order valence-electron chi connectivity index (χ1n) is 9.72. The molecule has 0 unspecified atom stereocenters. The summed E-state index contributed by atoms with van der Waals surface area (Å²) in [4.78, 5) is 21.7. The van der Waals surface area contributed by atoms with Gasteiger partial charge in [-0.25, -0.2) is 4.98 Å². The van der Waals surface area contributed by atoms with Gasteiger partial charge in [-0.1, -0.05) is 39.8 Å². The van der Waals surface area contributed by atoms with E-state index in [-0.39, 0.29) is 11.3 Å². The smallest absolute Gasteiger partial charge is 0.257 e. The van der Waals surface area contributed by atoms with Crippen LogP contribution in [0.25, 0.3) is 0 Å². The third-order valence-corrected chi connectivity index (χ3v) is 5.16. The highest BCUT2D eigenvalue weighted by molar-refractivity contribution is 6.04. The molecule has 1 aliphatic heterocycles. The van der Waals surface area contributed by atoms with Gasteiger partial charge in [0.05, 0.1) is 5.56 Å². The zero-order valence-electron chi connectivity index (χ0n) is 16.8. The molecule has 1 amide bonds. The van der Waals surface area contributed by atoms with E-state index in [1.807, 2.05) is 24.3 Å². The quantitative estimate of drug-likeness (QED) is 0.895. The Balaban J connectivity index is 1.61. The number of piperazine rings is 1. The molecule has 0 aliphatic carbocycles. The molecule has 2 heterocycles. The van der Waals surface area contributed by atoms with E-state index in [2.05, 4.69) is 59.9 Å². The van der Waals surface area contributed by atoms with Crippen LogP contribution in [0.2, 0.25) is 0 Å². The highest BCUT2D eigenvalue weighted by Gasteiger charge is 2.17. The Kier molecular flexibility index (Phi) is 5.80. The second kappa shape index (κ2) is 8.09. The standard InChI is InChI=1S/C22H30N4O/c1-5-25-12-14-26(15-13-25)20-11-6-17(16-23-20)21(27)24-19-9-7-18(8-10-19)22(2,3)4/h6-11,16H,5,12-15H2,1-4H3,(H,24,27). The van der Waals surface area contributed by atoms with Crippen molar-refractivity contribution in [2.75, 3.05) is 42.9 Å². The number of pyridine rings is 1. The van der Waals surface area contributed by atoms with Crippen LogP contribution in [0.4, 0.5) is 11.5 Å². The monoisotopic (exact) mass is 366 g/mol. The maximum Gasteiger partial charge on any atom is 0.257 e. The summed E-state index contributed by atoms with van der Waals surface area (Å²) in [6.07, 6.45) is 1.67. The lowest BCUT2D eigenvalue weighted by atomic mass is 9.87. The fourth-order valence-corrected chi connectivity index (χ4v) is 3.26. The van der Waals surface area contributed by atoms with E-state index in [1.54, 1.807) is 6.20 Å². The molecule has 0 atom stereocenters. The Hall–Kier alpha value is -2.40. The van der Waals surface area contributed by atoms with Crippen LogP contribution in [0, 0.1) is 0 Å². The first-order valence-corrected chi connectivity index (χ1v) is 9.72. The predicted molar refractivity (Wildman–Crippen MR) is 112 cm³/mol. The van der Waals surface area contributed by atoms with E-state index in [4.69, 9.17) is 0 Å². The molecule has 27 heavy (non-hydrogen) atoms. The Morgan fingerprint density at radius 2 is 1.70 bits per heavy atom. The van der Waals surface area contributed by atoms with Crippen LogP contribution in [0.15, 0.2) is 42.6 Å². The third kappa shape index (κ3) is 4.86. The van der Waals surface area contributed by atoms with Crippen LogP contribution in [-0.4, -0.2) is 48.5 Å². The largest absolute Gasteiger partial charge is 0.354 e. The van der Waals surface area contributed by atoms with E-state index in [0.717, 1.165) is 44.2 Å². The van der Waals surface area contributed by atoms with Gasteiger partial charge in [-0.15, -0.1) is 0 Å². The number of carbonyl (C=O) groups is 1. The number of rotatable bonds is 4. The number of benzene rings is 1. The number of nitrogens with one attached hydrogen (secondary N) is 1.